The highest BCUT2D eigenvalue weighted by Gasteiger charge is 2.38. The summed E-state index contributed by atoms with van der Waals surface area (Å²) in [6, 6.07) is 0.860. The monoisotopic (exact) mass is 262 g/mol. The summed E-state index contributed by atoms with van der Waals surface area (Å²) >= 11 is 0. The number of nitrogens with one attached hydrogen (secondary N) is 1. The van der Waals surface area contributed by atoms with Gasteiger partial charge in [0.25, 0.3) is 0 Å². The Balaban J connectivity index is 2.22. The number of hydrogen-bond donors (Lipinski definition) is 1. The van der Waals surface area contributed by atoms with Gasteiger partial charge in [-0.3, -0.25) is 9.59 Å². The summed E-state index contributed by atoms with van der Waals surface area (Å²) in [7, 11) is 0. The number of rotatable bonds is 4. The normalized spacial score (nSPS) is 23.4. The van der Waals surface area contributed by atoms with E-state index in [-0.39, 0.29) is 18.4 Å². The van der Waals surface area contributed by atoms with Crippen molar-refractivity contribution in [2.45, 2.75) is 45.3 Å². The van der Waals surface area contributed by atoms with Crippen LogP contribution in [0.15, 0.2) is 18.5 Å². The number of nitrogens with zero attached hydrogens (tertiary/aromatic N) is 3. The molecule has 0 aliphatic carbocycles. The number of carbonyl (C=O) groups is 2. The summed E-state index contributed by atoms with van der Waals surface area (Å²) in [5, 5.41) is 2.76. The lowest BCUT2D eigenvalue weighted by molar-refractivity contribution is -0.150. The second-order valence-electron chi connectivity index (χ2n) is 4.52. The number of amides is 2. The molecule has 0 radical (unpaired) electrons. The van der Waals surface area contributed by atoms with E-state index in [0.717, 1.165) is 0 Å². The Morgan fingerprint density at radius 2 is 1.89 bits per heavy atom. The molecule has 1 saturated heterocycles. The lowest BCUT2D eigenvalue weighted by Crippen LogP contribution is -2.62. The maximum atomic E-state index is 12.3. The molecule has 2 amide bonds. The molecule has 0 saturated carbocycles. The Morgan fingerprint density at radius 1 is 1.21 bits per heavy atom. The fraction of sp³-hybridized carbons (Fsp3) is 0.538. The molecule has 2 rings (SSSR count). The third kappa shape index (κ3) is 2.72. The molecule has 1 aliphatic heterocycles. The van der Waals surface area contributed by atoms with Gasteiger partial charge in [0.05, 0.1) is 6.54 Å². The molecule has 1 aromatic rings. The quantitative estimate of drug-likeness (QED) is 0.857. The Kier molecular flexibility index (Phi) is 4.09. The average Bonchev–Trinajstić information content (AvgIpc) is 2.44. The van der Waals surface area contributed by atoms with Gasteiger partial charge >= 0.3 is 0 Å². The highest BCUT2D eigenvalue weighted by atomic mass is 16.2. The number of piperazine rings is 1. The van der Waals surface area contributed by atoms with Crippen molar-refractivity contribution in [3.8, 4) is 0 Å². The first kappa shape index (κ1) is 13.5. The Bertz CT molecular complexity index is 463. The van der Waals surface area contributed by atoms with E-state index >= 15 is 0 Å². The van der Waals surface area contributed by atoms with Crippen molar-refractivity contribution in [3.05, 3.63) is 24.3 Å². The van der Waals surface area contributed by atoms with Gasteiger partial charge in [0, 0.05) is 12.4 Å². The third-order valence-corrected chi connectivity index (χ3v) is 3.30. The van der Waals surface area contributed by atoms with Crippen LogP contribution >= 0.6 is 0 Å². The van der Waals surface area contributed by atoms with Crippen LogP contribution < -0.4 is 5.32 Å². The first-order chi connectivity index (χ1) is 9.17. The van der Waals surface area contributed by atoms with E-state index in [1.54, 1.807) is 23.4 Å². The molecule has 0 bridgehead atoms. The topological polar surface area (TPSA) is 75.2 Å². The number of hydrogen-bond acceptors (Lipinski definition) is 4. The molecule has 2 atom stereocenters. The van der Waals surface area contributed by atoms with Crippen molar-refractivity contribution >= 4 is 11.8 Å². The molecule has 102 valence electrons. The van der Waals surface area contributed by atoms with Gasteiger partial charge in [0.15, 0.2) is 0 Å². The molecule has 0 aromatic carbocycles. The van der Waals surface area contributed by atoms with E-state index in [0.29, 0.717) is 18.7 Å². The average molecular weight is 262 g/mol. The van der Waals surface area contributed by atoms with Gasteiger partial charge in [-0.25, -0.2) is 9.97 Å². The second-order valence-corrected chi connectivity index (χ2v) is 4.52. The van der Waals surface area contributed by atoms with E-state index < -0.39 is 12.1 Å². The number of aromatic nitrogens is 2. The van der Waals surface area contributed by atoms with Crippen molar-refractivity contribution in [1.29, 1.82) is 0 Å². The van der Waals surface area contributed by atoms with E-state index in [1.807, 2.05) is 13.8 Å². The summed E-state index contributed by atoms with van der Waals surface area (Å²) in [5.74, 6) is 0.408. The Hall–Kier alpha value is -1.98. The summed E-state index contributed by atoms with van der Waals surface area (Å²) in [6.07, 6.45) is 4.44. The van der Waals surface area contributed by atoms with Crippen molar-refractivity contribution in [2.75, 3.05) is 0 Å². The van der Waals surface area contributed by atoms with Gasteiger partial charge in [0.2, 0.25) is 11.8 Å². The predicted molar refractivity (Wildman–Crippen MR) is 68.9 cm³/mol. The Morgan fingerprint density at radius 3 is 2.47 bits per heavy atom. The maximum absolute atomic E-state index is 12.3. The molecule has 6 heteroatoms. The molecule has 6 nitrogen and oxygen atoms in total. The van der Waals surface area contributed by atoms with Gasteiger partial charge in [0.1, 0.15) is 17.9 Å². The molecule has 2 unspecified atom stereocenters. The maximum Gasteiger partial charge on any atom is 0.246 e. The summed E-state index contributed by atoms with van der Waals surface area (Å²) in [5.41, 5.74) is 0. The number of carbonyl (C=O) groups excluding carboxylic acids is 2. The predicted octanol–water partition coefficient (Wildman–Crippen LogP) is 0.492. The smallest absolute Gasteiger partial charge is 0.246 e. The van der Waals surface area contributed by atoms with Crippen molar-refractivity contribution < 1.29 is 9.59 Å². The molecule has 1 aliphatic rings. The van der Waals surface area contributed by atoms with Crippen LogP contribution in [-0.4, -0.2) is 38.8 Å². The molecule has 1 fully saturated rings. The molecule has 19 heavy (non-hydrogen) atoms. The zero-order valence-electron chi connectivity index (χ0n) is 11.2. The first-order valence-corrected chi connectivity index (χ1v) is 6.54. The minimum atomic E-state index is -0.431. The van der Waals surface area contributed by atoms with Crippen LogP contribution in [-0.2, 0) is 16.1 Å². The lowest BCUT2D eigenvalue weighted by atomic mass is 10.0. The van der Waals surface area contributed by atoms with Gasteiger partial charge in [-0.15, -0.1) is 0 Å². The standard InChI is InChI=1S/C13H18N4O2/c1-3-9-13(19)17(10(4-2)12(18)16-9)8-11-14-6-5-7-15-11/h5-7,9-10H,3-4,8H2,1-2H3,(H,16,18). The molecular weight excluding hydrogens is 244 g/mol. The fourth-order valence-corrected chi connectivity index (χ4v) is 2.26. The lowest BCUT2D eigenvalue weighted by Gasteiger charge is -2.37. The van der Waals surface area contributed by atoms with E-state index in [4.69, 9.17) is 0 Å². The van der Waals surface area contributed by atoms with Crippen LogP contribution in [0.2, 0.25) is 0 Å². The van der Waals surface area contributed by atoms with Crippen molar-refractivity contribution in [2.24, 2.45) is 0 Å². The molecule has 1 aromatic heterocycles. The second kappa shape index (κ2) is 5.77. The van der Waals surface area contributed by atoms with Gasteiger partial charge in [-0.1, -0.05) is 13.8 Å². The molecule has 1 N–H and O–H groups in total. The van der Waals surface area contributed by atoms with Gasteiger partial charge < -0.3 is 10.2 Å². The van der Waals surface area contributed by atoms with Gasteiger partial charge in [-0.2, -0.15) is 0 Å². The van der Waals surface area contributed by atoms with Crippen molar-refractivity contribution in [3.63, 3.8) is 0 Å². The summed E-state index contributed by atoms with van der Waals surface area (Å²) in [4.78, 5) is 34.1. The van der Waals surface area contributed by atoms with E-state index in [9.17, 15) is 9.59 Å². The third-order valence-electron chi connectivity index (χ3n) is 3.30. The molecular formula is C13H18N4O2. The van der Waals surface area contributed by atoms with Crippen LogP contribution in [0.4, 0.5) is 0 Å². The largest absolute Gasteiger partial charge is 0.343 e. The summed E-state index contributed by atoms with van der Waals surface area (Å²) in [6.45, 7) is 4.05. The van der Waals surface area contributed by atoms with Gasteiger partial charge in [-0.05, 0) is 18.9 Å². The van der Waals surface area contributed by atoms with Crippen LogP contribution in [0.1, 0.15) is 32.5 Å². The zero-order chi connectivity index (χ0) is 13.8. The molecule has 2 heterocycles. The van der Waals surface area contributed by atoms with Crippen molar-refractivity contribution in [1.82, 2.24) is 20.2 Å². The van der Waals surface area contributed by atoms with Crippen LogP contribution in [0.3, 0.4) is 0 Å². The Labute approximate surface area is 112 Å². The highest BCUT2D eigenvalue weighted by Crippen LogP contribution is 2.16. The minimum Gasteiger partial charge on any atom is -0.343 e. The van der Waals surface area contributed by atoms with E-state index in [2.05, 4.69) is 15.3 Å². The summed E-state index contributed by atoms with van der Waals surface area (Å²) < 4.78 is 0. The van der Waals surface area contributed by atoms with Crippen LogP contribution in [0.5, 0.6) is 0 Å². The minimum absolute atomic E-state index is 0.0543. The van der Waals surface area contributed by atoms with E-state index in [1.165, 1.54) is 0 Å². The van der Waals surface area contributed by atoms with Crippen LogP contribution in [0, 0.1) is 0 Å². The first-order valence-electron chi connectivity index (χ1n) is 6.54. The SMILES string of the molecule is CCC1NC(=O)C(CC)N(Cc2ncccn2)C1=O. The fourth-order valence-electron chi connectivity index (χ4n) is 2.26. The van der Waals surface area contributed by atoms with Crippen LogP contribution in [0.25, 0.3) is 0 Å². The zero-order valence-corrected chi connectivity index (χ0v) is 11.2. The highest BCUT2D eigenvalue weighted by molar-refractivity contribution is 5.96. The molecule has 0 spiro atoms.